The summed E-state index contributed by atoms with van der Waals surface area (Å²) in [5, 5.41) is 21.3. The maximum atomic E-state index is 5.08. The summed E-state index contributed by atoms with van der Waals surface area (Å²) < 4.78 is 0. The van der Waals surface area contributed by atoms with Crippen LogP contribution in [0.3, 0.4) is 0 Å². The maximum Gasteiger partial charge on any atom is 0.178 e. The van der Waals surface area contributed by atoms with Crippen LogP contribution >= 0.6 is 0 Å². The molecule has 9 heterocycles. The molecule has 0 aliphatic heterocycles. The highest BCUT2D eigenvalue weighted by Crippen LogP contribution is 2.44. The molecular formula is C130H80N16. The zero-order valence-electron chi connectivity index (χ0n) is 78.3. The lowest BCUT2D eigenvalue weighted by molar-refractivity contribution is 1.06. The second kappa shape index (κ2) is 37.6. The number of fused-ring (bicyclic) bond motifs is 17. The van der Waals surface area contributed by atoms with Gasteiger partial charge in [-0.1, -0.05) is 419 Å². The molecule has 28 rings (SSSR count). The third-order valence-electron chi connectivity index (χ3n) is 27.0. The van der Waals surface area contributed by atoms with Gasteiger partial charge in [0.2, 0.25) is 0 Å². The summed E-state index contributed by atoms with van der Waals surface area (Å²) in [6, 6.07) is 154. The Morgan fingerprint density at radius 3 is 0.726 bits per heavy atom. The lowest BCUT2D eigenvalue weighted by Gasteiger charge is -2.12. The third kappa shape index (κ3) is 16.5. The predicted molar refractivity (Wildman–Crippen MR) is 593 cm³/mol. The van der Waals surface area contributed by atoms with Crippen molar-refractivity contribution < 1.29 is 0 Å². The van der Waals surface area contributed by atoms with E-state index in [0.29, 0.717) is 52.2 Å². The highest BCUT2D eigenvalue weighted by Gasteiger charge is 2.24. The van der Waals surface area contributed by atoms with Gasteiger partial charge in [-0.2, -0.15) is 0 Å². The largest absolute Gasteiger partial charge is 0.244 e. The molecule has 0 aliphatic rings. The van der Waals surface area contributed by atoms with Crippen molar-refractivity contribution in [2.45, 2.75) is 0 Å². The quantitative estimate of drug-likeness (QED) is 0.0928. The number of hydrogen-bond donors (Lipinski definition) is 0. The summed E-state index contributed by atoms with van der Waals surface area (Å²) in [6.45, 7) is 0. The molecule has 0 bridgehead atoms. The van der Waals surface area contributed by atoms with Gasteiger partial charge in [-0.3, -0.25) is 0 Å². The van der Waals surface area contributed by atoms with E-state index in [-0.39, 0.29) is 0 Å². The van der Waals surface area contributed by atoms with E-state index in [1.54, 1.807) is 12.4 Å². The van der Waals surface area contributed by atoms with Gasteiger partial charge in [0.1, 0.15) is 17.1 Å². The minimum absolute atomic E-state index is 0.500. The molecule has 680 valence electrons. The van der Waals surface area contributed by atoms with Gasteiger partial charge in [-0.25, -0.2) is 79.7 Å². The minimum atomic E-state index is 0.500. The summed E-state index contributed by atoms with van der Waals surface area (Å²) in [7, 11) is 0. The monoisotopic (exact) mass is 1860 g/mol. The van der Waals surface area contributed by atoms with Gasteiger partial charge in [0.05, 0.1) is 44.9 Å². The van der Waals surface area contributed by atoms with E-state index in [1.165, 1.54) is 43.4 Å². The average molecular weight is 1870 g/mol. The molecule has 0 atom stereocenters. The van der Waals surface area contributed by atoms with Crippen molar-refractivity contribution in [1.29, 1.82) is 0 Å². The Bertz CT molecular complexity index is 9380. The van der Waals surface area contributed by atoms with Crippen molar-refractivity contribution >= 4 is 119 Å². The van der Waals surface area contributed by atoms with Crippen LogP contribution in [-0.4, -0.2) is 79.7 Å². The first-order valence-electron chi connectivity index (χ1n) is 48.4. The molecule has 0 radical (unpaired) electrons. The highest BCUT2D eigenvalue weighted by molar-refractivity contribution is 6.25. The second-order valence-electron chi connectivity index (χ2n) is 35.8. The third-order valence-corrected chi connectivity index (χ3v) is 27.0. The van der Waals surface area contributed by atoms with Gasteiger partial charge < -0.3 is 0 Å². The topological polar surface area (TPSA) is 206 Å². The Hall–Kier alpha value is -20.1. The first-order chi connectivity index (χ1) is 72.3. The molecule has 0 saturated heterocycles. The highest BCUT2D eigenvalue weighted by atomic mass is 15.0. The van der Waals surface area contributed by atoms with Crippen molar-refractivity contribution in [3.63, 3.8) is 0 Å². The minimum Gasteiger partial charge on any atom is -0.244 e. The van der Waals surface area contributed by atoms with Gasteiger partial charge in [-0.05, 0) is 106 Å². The van der Waals surface area contributed by atoms with Crippen LogP contribution in [0.4, 0.5) is 0 Å². The van der Waals surface area contributed by atoms with E-state index in [9.17, 15) is 0 Å². The zero-order valence-corrected chi connectivity index (χ0v) is 78.3. The van der Waals surface area contributed by atoms with Crippen LogP contribution in [0.25, 0.3) is 278 Å². The molecule has 0 unspecified atom stereocenters. The number of pyridine rings is 3. The van der Waals surface area contributed by atoms with Crippen molar-refractivity contribution in [3.8, 4) is 159 Å². The number of para-hydroxylation sites is 3. The molecule has 0 N–H and O–H groups in total. The number of hydrogen-bond acceptors (Lipinski definition) is 16. The van der Waals surface area contributed by atoms with Gasteiger partial charge in [-0.15, -0.1) is 0 Å². The van der Waals surface area contributed by atoms with E-state index in [1.807, 2.05) is 170 Å². The predicted octanol–water partition coefficient (Wildman–Crippen LogP) is 31.4. The molecule has 16 nitrogen and oxygen atoms in total. The summed E-state index contributed by atoms with van der Waals surface area (Å²) in [5.74, 6) is 4.65. The molecule has 9 aromatic heterocycles. The average Bonchev–Trinajstić information content (AvgIpc) is 0.804. The fourth-order valence-corrected chi connectivity index (χ4v) is 19.8. The molecule has 28 aromatic rings. The van der Waals surface area contributed by atoms with Gasteiger partial charge in [0, 0.05) is 130 Å². The number of aromatic nitrogens is 16. The molecule has 19 aromatic carbocycles. The summed E-state index contributed by atoms with van der Waals surface area (Å²) >= 11 is 0. The molecule has 0 saturated carbocycles. The normalized spacial score (nSPS) is 11.4. The lowest BCUT2D eigenvalue weighted by Crippen LogP contribution is -2.02. The molecule has 16 heteroatoms. The summed E-state index contributed by atoms with van der Waals surface area (Å²) in [5.41, 5.74) is 20.8. The van der Waals surface area contributed by atoms with Gasteiger partial charge >= 0.3 is 0 Å². The van der Waals surface area contributed by atoms with Crippen LogP contribution in [0, 0.1) is 0 Å². The Morgan fingerprint density at radius 2 is 0.363 bits per heavy atom. The molecule has 0 fully saturated rings. The number of nitrogens with zero attached hydrogens (tertiary/aromatic N) is 16. The smallest absolute Gasteiger partial charge is 0.178 e. The van der Waals surface area contributed by atoms with E-state index in [2.05, 4.69) is 303 Å². The van der Waals surface area contributed by atoms with Gasteiger partial charge in [0.25, 0.3) is 0 Å². The van der Waals surface area contributed by atoms with E-state index < -0.39 is 0 Å². The zero-order chi connectivity index (χ0) is 96.7. The van der Waals surface area contributed by atoms with Crippen molar-refractivity contribution in [2.24, 2.45) is 0 Å². The van der Waals surface area contributed by atoms with E-state index >= 15 is 0 Å². The molecule has 146 heavy (non-hydrogen) atoms. The lowest BCUT2D eigenvalue weighted by atomic mass is 9.97. The van der Waals surface area contributed by atoms with E-state index in [0.717, 1.165) is 182 Å². The van der Waals surface area contributed by atoms with Crippen LogP contribution in [0.2, 0.25) is 0 Å². The Balaban J connectivity index is 0.000000111. The van der Waals surface area contributed by atoms with E-state index in [4.69, 9.17) is 79.7 Å². The molecule has 0 amide bonds. The fourth-order valence-electron chi connectivity index (χ4n) is 19.8. The fraction of sp³-hybridized carbons (Fsp3) is 0. The van der Waals surface area contributed by atoms with Crippen LogP contribution in [-0.2, 0) is 0 Å². The van der Waals surface area contributed by atoms with Gasteiger partial charge in [0.15, 0.2) is 46.6 Å². The maximum absolute atomic E-state index is 5.08. The molecule has 0 aliphatic carbocycles. The SMILES string of the molecule is c1ccc(-c2ccc(-c3cc(-c4cnc(-c5nc6ccccc6c6c5ccc5ccccc56)nc4)nc(-c4ccccc4)n3)cc2)cc1.c1ccc(-c2ccc(-c3nc(-c4ccccc4)cc(-c4cnc(-c5nc6ccccc6c6c5ccc5ccccc56)nc4)n3)cc2)cc1.c1ccc2c(-c3nc(-c4cnc(-c5nc6ccccc6c6c5ccc5ccccc56)nc4)nc(-c4cccc5ccccc45)n3)cccc2c1. The van der Waals surface area contributed by atoms with Crippen LogP contribution in [0.1, 0.15) is 0 Å². The number of benzene rings is 19. The van der Waals surface area contributed by atoms with Crippen molar-refractivity contribution in [2.75, 3.05) is 0 Å². The standard InChI is InChI=1S/C44H26N6.2C43H27N5/c1-4-16-31-27(11-1)14-9-20-34(31)42-48-41(49-43(50-42)35-21-10-15-28-12-2-5-17-32(28)35)30-25-45-44(46-26-30)40-37-24-23-29-13-3-6-18-33(29)39(37)36-19-7-8-22-38(36)47-40;1-3-11-28(12-4-1)29-19-21-31(22-20-29)38-25-39(48-42(47-38)32-14-5-2-6-15-32)33-26-44-43(45-27-33)41-36-24-23-30-13-7-8-16-34(30)40(36)35-17-9-10-18-37(35)46-41;1-3-11-28(12-4-1)29-19-21-32(22-20-29)42-47-38(31-14-5-2-6-15-31)25-39(48-42)33-26-44-43(45-27-33)41-36-24-23-30-13-7-8-16-34(30)40(36)35-17-9-10-18-37(35)46-41/h1-26H;2*1-27H. The molecular weight excluding hydrogens is 1790 g/mol. The number of rotatable bonds is 14. The van der Waals surface area contributed by atoms with Crippen molar-refractivity contribution in [1.82, 2.24) is 79.7 Å². The second-order valence-corrected chi connectivity index (χ2v) is 35.8. The first-order valence-corrected chi connectivity index (χ1v) is 48.4. The van der Waals surface area contributed by atoms with Crippen LogP contribution in [0.15, 0.2) is 486 Å². The Morgan fingerprint density at radius 1 is 0.123 bits per heavy atom. The van der Waals surface area contributed by atoms with Crippen molar-refractivity contribution in [3.05, 3.63) is 486 Å². The first kappa shape index (κ1) is 86.3. The Labute approximate surface area is 837 Å². The summed E-state index contributed by atoms with van der Waals surface area (Å²) in [4.78, 5) is 79.7. The summed E-state index contributed by atoms with van der Waals surface area (Å²) in [6.07, 6.45) is 10.9. The van der Waals surface area contributed by atoms with Crippen LogP contribution < -0.4 is 0 Å². The molecule has 0 spiro atoms. The van der Waals surface area contributed by atoms with Crippen LogP contribution in [0.5, 0.6) is 0 Å². The Kier molecular flexibility index (Phi) is 22.2.